The van der Waals surface area contributed by atoms with Crippen molar-refractivity contribution in [1.29, 1.82) is 0 Å². The standard InChI is InChI=1S/C18H19ClO3/c1-22-17(20)4-2-3-13-5-7-14(8-6-13)18(21)15-9-11-16(19)12-10-15/h5-12,18,21H,2-4H2,1H3. The number of hydrogen-bond donors (Lipinski definition) is 1. The predicted octanol–water partition coefficient (Wildman–Crippen LogP) is 3.92. The Balaban J connectivity index is 1.96. The molecule has 0 fully saturated rings. The Morgan fingerprint density at radius 2 is 1.64 bits per heavy atom. The van der Waals surface area contributed by atoms with E-state index in [-0.39, 0.29) is 5.97 Å². The first-order chi connectivity index (χ1) is 10.6. The van der Waals surface area contributed by atoms with Crippen molar-refractivity contribution in [3.05, 3.63) is 70.2 Å². The highest BCUT2D eigenvalue weighted by Crippen LogP contribution is 2.23. The Morgan fingerprint density at radius 3 is 2.18 bits per heavy atom. The number of esters is 1. The normalized spacial score (nSPS) is 12.0. The second-order valence-corrected chi connectivity index (χ2v) is 5.56. The molecule has 4 heteroatoms. The molecule has 3 nitrogen and oxygen atoms in total. The van der Waals surface area contributed by atoms with Gasteiger partial charge in [0.1, 0.15) is 6.10 Å². The molecule has 0 aliphatic rings. The average molecular weight is 319 g/mol. The van der Waals surface area contributed by atoms with Gasteiger partial charge in [0.2, 0.25) is 0 Å². The van der Waals surface area contributed by atoms with E-state index >= 15 is 0 Å². The molecule has 0 saturated carbocycles. The Bertz CT molecular complexity index is 605. The number of ether oxygens (including phenoxy) is 1. The molecule has 0 aliphatic carbocycles. The summed E-state index contributed by atoms with van der Waals surface area (Å²) in [6, 6.07) is 14.9. The maximum atomic E-state index is 11.1. The van der Waals surface area contributed by atoms with Gasteiger partial charge in [0, 0.05) is 11.4 Å². The maximum absolute atomic E-state index is 11.1. The zero-order chi connectivity index (χ0) is 15.9. The molecule has 1 N–H and O–H groups in total. The van der Waals surface area contributed by atoms with Gasteiger partial charge in [-0.2, -0.15) is 0 Å². The summed E-state index contributed by atoms with van der Waals surface area (Å²) >= 11 is 5.85. The second kappa shape index (κ2) is 7.97. The lowest BCUT2D eigenvalue weighted by Gasteiger charge is -2.12. The predicted molar refractivity (Wildman–Crippen MR) is 86.9 cm³/mol. The van der Waals surface area contributed by atoms with Crippen LogP contribution in [0.2, 0.25) is 5.02 Å². The van der Waals surface area contributed by atoms with Gasteiger partial charge < -0.3 is 9.84 Å². The molecule has 2 aromatic rings. The van der Waals surface area contributed by atoms with Gasteiger partial charge in [0.05, 0.1) is 7.11 Å². The molecule has 2 aromatic carbocycles. The number of aliphatic hydroxyl groups is 1. The Kier molecular flexibility index (Phi) is 5.99. The van der Waals surface area contributed by atoms with Gasteiger partial charge in [0.15, 0.2) is 0 Å². The Labute approximate surface area is 135 Å². The van der Waals surface area contributed by atoms with E-state index in [1.165, 1.54) is 7.11 Å². The zero-order valence-corrected chi connectivity index (χ0v) is 13.2. The van der Waals surface area contributed by atoms with E-state index in [9.17, 15) is 9.90 Å². The lowest BCUT2D eigenvalue weighted by atomic mass is 9.99. The number of hydrogen-bond acceptors (Lipinski definition) is 3. The summed E-state index contributed by atoms with van der Waals surface area (Å²) < 4.78 is 4.61. The fraction of sp³-hybridized carbons (Fsp3) is 0.278. The van der Waals surface area contributed by atoms with Crippen LogP contribution in [0.3, 0.4) is 0 Å². The van der Waals surface area contributed by atoms with E-state index < -0.39 is 6.10 Å². The quantitative estimate of drug-likeness (QED) is 0.821. The fourth-order valence-electron chi connectivity index (χ4n) is 2.24. The van der Waals surface area contributed by atoms with Crippen molar-refractivity contribution in [2.45, 2.75) is 25.4 Å². The number of aliphatic hydroxyl groups excluding tert-OH is 1. The van der Waals surface area contributed by atoms with Crippen LogP contribution >= 0.6 is 11.6 Å². The summed E-state index contributed by atoms with van der Waals surface area (Å²) in [7, 11) is 1.40. The number of carbonyl (C=O) groups is 1. The van der Waals surface area contributed by atoms with Crippen LogP contribution in [0.15, 0.2) is 48.5 Å². The lowest BCUT2D eigenvalue weighted by molar-refractivity contribution is -0.140. The number of halogens is 1. The Morgan fingerprint density at radius 1 is 1.09 bits per heavy atom. The molecule has 0 radical (unpaired) electrons. The van der Waals surface area contributed by atoms with Crippen molar-refractivity contribution in [3.8, 4) is 0 Å². The molecule has 116 valence electrons. The van der Waals surface area contributed by atoms with Crippen LogP contribution in [0.25, 0.3) is 0 Å². The average Bonchev–Trinajstić information content (AvgIpc) is 2.55. The summed E-state index contributed by atoms with van der Waals surface area (Å²) in [6.07, 6.45) is 1.32. The van der Waals surface area contributed by atoms with Crippen LogP contribution in [-0.2, 0) is 16.0 Å². The van der Waals surface area contributed by atoms with E-state index in [0.29, 0.717) is 11.4 Å². The summed E-state index contributed by atoms with van der Waals surface area (Å²) in [5, 5.41) is 11.0. The van der Waals surface area contributed by atoms with E-state index in [4.69, 9.17) is 11.6 Å². The first-order valence-electron chi connectivity index (χ1n) is 7.19. The number of rotatable bonds is 6. The van der Waals surface area contributed by atoms with Crippen LogP contribution < -0.4 is 0 Å². The molecule has 0 bridgehead atoms. The lowest BCUT2D eigenvalue weighted by Crippen LogP contribution is -2.01. The largest absolute Gasteiger partial charge is 0.469 e. The SMILES string of the molecule is COC(=O)CCCc1ccc(C(O)c2ccc(Cl)cc2)cc1. The van der Waals surface area contributed by atoms with Gasteiger partial charge in [-0.25, -0.2) is 0 Å². The highest BCUT2D eigenvalue weighted by Gasteiger charge is 2.10. The van der Waals surface area contributed by atoms with E-state index in [1.54, 1.807) is 12.1 Å². The minimum absolute atomic E-state index is 0.185. The summed E-state index contributed by atoms with van der Waals surface area (Å²) in [5.74, 6) is -0.185. The van der Waals surface area contributed by atoms with E-state index in [1.807, 2.05) is 36.4 Å². The van der Waals surface area contributed by atoms with Crippen LogP contribution in [-0.4, -0.2) is 18.2 Å². The van der Waals surface area contributed by atoms with Crippen molar-refractivity contribution < 1.29 is 14.6 Å². The van der Waals surface area contributed by atoms with Gasteiger partial charge in [-0.05, 0) is 41.7 Å². The minimum Gasteiger partial charge on any atom is -0.469 e. The maximum Gasteiger partial charge on any atom is 0.305 e. The molecule has 0 saturated heterocycles. The monoisotopic (exact) mass is 318 g/mol. The van der Waals surface area contributed by atoms with Crippen LogP contribution in [0, 0.1) is 0 Å². The summed E-state index contributed by atoms with van der Waals surface area (Å²) in [4.78, 5) is 11.1. The summed E-state index contributed by atoms with van der Waals surface area (Å²) in [6.45, 7) is 0. The number of aryl methyl sites for hydroxylation is 1. The molecule has 1 atom stereocenters. The highest BCUT2D eigenvalue weighted by molar-refractivity contribution is 6.30. The smallest absolute Gasteiger partial charge is 0.305 e. The third-order valence-corrected chi connectivity index (χ3v) is 3.81. The molecule has 0 spiro atoms. The molecule has 0 aromatic heterocycles. The zero-order valence-electron chi connectivity index (χ0n) is 12.5. The molecule has 0 aliphatic heterocycles. The van der Waals surface area contributed by atoms with Gasteiger partial charge in [-0.15, -0.1) is 0 Å². The number of methoxy groups -OCH3 is 1. The minimum atomic E-state index is -0.665. The molecular weight excluding hydrogens is 300 g/mol. The Hall–Kier alpha value is -1.84. The van der Waals surface area contributed by atoms with Crippen molar-refractivity contribution in [2.24, 2.45) is 0 Å². The third kappa shape index (κ3) is 4.58. The van der Waals surface area contributed by atoms with Gasteiger partial charge >= 0.3 is 5.97 Å². The summed E-state index contributed by atoms with van der Waals surface area (Å²) in [5.41, 5.74) is 2.78. The number of benzene rings is 2. The van der Waals surface area contributed by atoms with Crippen LogP contribution in [0.1, 0.15) is 35.6 Å². The van der Waals surface area contributed by atoms with Crippen LogP contribution in [0.4, 0.5) is 0 Å². The van der Waals surface area contributed by atoms with Gasteiger partial charge in [-0.3, -0.25) is 4.79 Å². The molecule has 0 amide bonds. The second-order valence-electron chi connectivity index (χ2n) is 5.13. The molecule has 0 heterocycles. The number of carbonyl (C=O) groups excluding carboxylic acids is 1. The third-order valence-electron chi connectivity index (χ3n) is 3.56. The van der Waals surface area contributed by atoms with Crippen molar-refractivity contribution in [3.63, 3.8) is 0 Å². The fourth-order valence-corrected chi connectivity index (χ4v) is 2.37. The van der Waals surface area contributed by atoms with Gasteiger partial charge in [-0.1, -0.05) is 48.0 Å². The van der Waals surface area contributed by atoms with Crippen molar-refractivity contribution in [1.82, 2.24) is 0 Å². The highest BCUT2D eigenvalue weighted by atomic mass is 35.5. The van der Waals surface area contributed by atoms with E-state index in [2.05, 4.69) is 4.74 Å². The van der Waals surface area contributed by atoms with E-state index in [0.717, 1.165) is 29.5 Å². The first-order valence-corrected chi connectivity index (χ1v) is 7.57. The molecule has 2 rings (SSSR count). The van der Waals surface area contributed by atoms with Crippen LogP contribution in [0.5, 0.6) is 0 Å². The molecule has 22 heavy (non-hydrogen) atoms. The molecule has 1 unspecified atom stereocenters. The van der Waals surface area contributed by atoms with Crippen molar-refractivity contribution >= 4 is 17.6 Å². The van der Waals surface area contributed by atoms with Crippen molar-refractivity contribution in [2.75, 3.05) is 7.11 Å². The topological polar surface area (TPSA) is 46.5 Å². The molecular formula is C18H19ClO3. The first kappa shape index (κ1) is 16.5. The van der Waals surface area contributed by atoms with Gasteiger partial charge in [0.25, 0.3) is 0 Å².